The molecule has 0 heterocycles. The van der Waals surface area contributed by atoms with Crippen LogP contribution >= 0.6 is 11.8 Å². The van der Waals surface area contributed by atoms with Crippen molar-refractivity contribution in [2.24, 2.45) is 0 Å². The summed E-state index contributed by atoms with van der Waals surface area (Å²) in [5, 5.41) is 0.195. The summed E-state index contributed by atoms with van der Waals surface area (Å²) in [6, 6.07) is 0. The molecule has 0 aliphatic carbocycles. The largest absolute Gasteiger partial charge is 0.466 e. The first kappa shape index (κ1) is 46.5. The Balaban J connectivity index is 4.10. The highest BCUT2D eigenvalue weighted by Crippen LogP contribution is 2.15. The number of amides is 1. The number of carbonyl (C=O) groups is 3. The summed E-state index contributed by atoms with van der Waals surface area (Å²) in [4.78, 5) is 41.3. The minimum atomic E-state index is -0.105. The lowest BCUT2D eigenvalue weighted by Crippen LogP contribution is -2.31. The van der Waals surface area contributed by atoms with Crippen molar-refractivity contribution in [2.75, 3.05) is 52.2 Å². The molecule has 0 aromatic rings. The normalized spacial score (nSPS) is 11.4. The molecule has 282 valence electrons. The van der Waals surface area contributed by atoms with E-state index in [-0.39, 0.29) is 17.2 Å². The molecule has 1 amide bonds. The van der Waals surface area contributed by atoms with Gasteiger partial charge in [0.25, 0.3) is 5.24 Å². The van der Waals surface area contributed by atoms with Gasteiger partial charge in [0.1, 0.15) is 6.61 Å². The Morgan fingerprint density at radius 1 is 0.562 bits per heavy atom. The van der Waals surface area contributed by atoms with Gasteiger partial charge in [0.15, 0.2) is 0 Å². The van der Waals surface area contributed by atoms with E-state index in [0.29, 0.717) is 26.1 Å². The van der Waals surface area contributed by atoms with E-state index in [2.05, 4.69) is 38.8 Å². The average molecular weight is 697 g/mol. The van der Waals surface area contributed by atoms with Crippen molar-refractivity contribution in [1.82, 2.24) is 9.80 Å². The van der Waals surface area contributed by atoms with E-state index in [1.54, 1.807) is 0 Å². The standard InChI is InChI=1S/C40H76N2O5S/c1-5-8-10-12-14-22-28-35-46-38(43)30-24-18-16-20-26-32-42(40(45)48-37-34-41(4)7-3)33-27-21-17-19-25-31-39(44)47-36-29-23-15-13-11-9-6-2/h22,28H,5-21,23-27,29-37H2,1-4H3/b28-22-. The van der Waals surface area contributed by atoms with Gasteiger partial charge < -0.3 is 19.3 Å². The molecule has 0 N–H and O–H groups in total. The molecule has 0 aliphatic rings. The predicted molar refractivity (Wildman–Crippen MR) is 206 cm³/mol. The second-order valence-corrected chi connectivity index (χ2v) is 14.4. The second-order valence-electron chi connectivity index (χ2n) is 13.4. The third kappa shape index (κ3) is 33.0. The summed E-state index contributed by atoms with van der Waals surface area (Å²) in [6.07, 6.45) is 29.8. The molecule has 0 saturated heterocycles. The van der Waals surface area contributed by atoms with E-state index < -0.39 is 0 Å². The van der Waals surface area contributed by atoms with Crippen molar-refractivity contribution in [3.8, 4) is 0 Å². The summed E-state index contributed by atoms with van der Waals surface area (Å²) in [5.41, 5.74) is 0. The number of rotatable bonds is 35. The van der Waals surface area contributed by atoms with E-state index in [4.69, 9.17) is 9.47 Å². The Morgan fingerprint density at radius 2 is 1.06 bits per heavy atom. The van der Waals surface area contributed by atoms with Gasteiger partial charge in [-0.15, -0.1) is 0 Å². The highest BCUT2D eigenvalue weighted by Gasteiger charge is 2.14. The third-order valence-corrected chi connectivity index (χ3v) is 9.75. The van der Waals surface area contributed by atoms with Gasteiger partial charge >= 0.3 is 11.9 Å². The molecule has 0 radical (unpaired) electrons. The van der Waals surface area contributed by atoms with E-state index in [1.165, 1.54) is 69.5 Å². The zero-order valence-electron chi connectivity index (χ0n) is 31.9. The van der Waals surface area contributed by atoms with E-state index >= 15 is 0 Å². The molecule has 0 fully saturated rings. The van der Waals surface area contributed by atoms with Gasteiger partial charge in [0.2, 0.25) is 0 Å². The van der Waals surface area contributed by atoms with Crippen molar-refractivity contribution in [3.05, 3.63) is 12.2 Å². The van der Waals surface area contributed by atoms with Crippen LogP contribution in [0.25, 0.3) is 0 Å². The van der Waals surface area contributed by atoms with Gasteiger partial charge in [-0.25, -0.2) is 0 Å². The Bertz CT molecular complexity index is 779. The fourth-order valence-electron chi connectivity index (χ4n) is 5.44. The minimum Gasteiger partial charge on any atom is -0.466 e. The maximum absolute atomic E-state index is 13.0. The molecule has 0 spiro atoms. The number of thioether (sulfide) groups is 1. The highest BCUT2D eigenvalue weighted by atomic mass is 32.2. The van der Waals surface area contributed by atoms with Gasteiger partial charge in [-0.1, -0.05) is 141 Å². The number of carbonyl (C=O) groups excluding carboxylic acids is 3. The predicted octanol–water partition coefficient (Wildman–Crippen LogP) is 11.1. The van der Waals surface area contributed by atoms with Crippen LogP contribution in [-0.2, 0) is 19.1 Å². The summed E-state index contributed by atoms with van der Waals surface area (Å²) >= 11 is 1.44. The zero-order valence-corrected chi connectivity index (χ0v) is 32.7. The van der Waals surface area contributed by atoms with Crippen LogP contribution in [0.5, 0.6) is 0 Å². The molecule has 0 saturated carbocycles. The smallest absolute Gasteiger partial charge is 0.306 e. The average Bonchev–Trinajstić information content (AvgIpc) is 3.08. The highest BCUT2D eigenvalue weighted by molar-refractivity contribution is 8.13. The van der Waals surface area contributed by atoms with Crippen LogP contribution < -0.4 is 0 Å². The van der Waals surface area contributed by atoms with Crippen LogP contribution in [0.1, 0.15) is 175 Å². The number of esters is 2. The number of hydrogen-bond donors (Lipinski definition) is 0. The lowest BCUT2D eigenvalue weighted by atomic mass is 10.1. The zero-order chi connectivity index (χ0) is 35.3. The van der Waals surface area contributed by atoms with Gasteiger partial charge in [0, 0.05) is 38.2 Å². The summed E-state index contributed by atoms with van der Waals surface area (Å²) in [5.74, 6) is 0.658. The topological polar surface area (TPSA) is 76.1 Å². The number of unbranched alkanes of at least 4 members (excludes halogenated alkanes) is 18. The molecule has 48 heavy (non-hydrogen) atoms. The number of ether oxygens (including phenoxy) is 2. The molecule has 0 unspecified atom stereocenters. The number of allylic oxidation sites excluding steroid dienone is 1. The SMILES string of the molecule is CCCCCC/C=C\COC(=O)CCCCCCCN(CCCCCCCC(=O)OCCCCCCCCC)C(=O)SCCN(C)CC. The van der Waals surface area contributed by atoms with Crippen LogP contribution in [0.15, 0.2) is 12.2 Å². The Hall–Kier alpha value is -1.54. The molecule has 0 aromatic carbocycles. The summed E-state index contributed by atoms with van der Waals surface area (Å²) in [6.45, 7) is 11.0. The van der Waals surface area contributed by atoms with Gasteiger partial charge in [-0.2, -0.15) is 0 Å². The Morgan fingerprint density at radius 3 is 1.65 bits per heavy atom. The lowest BCUT2D eigenvalue weighted by molar-refractivity contribution is -0.144. The van der Waals surface area contributed by atoms with Crippen LogP contribution in [0.4, 0.5) is 4.79 Å². The van der Waals surface area contributed by atoms with Crippen molar-refractivity contribution in [3.63, 3.8) is 0 Å². The minimum absolute atomic E-state index is 0.0559. The van der Waals surface area contributed by atoms with Gasteiger partial charge in [-0.3, -0.25) is 14.4 Å². The summed E-state index contributed by atoms with van der Waals surface area (Å²) in [7, 11) is 2.09. The van der Waals surface area contributed by atoms with Crippen molar-refractivity contribution in [2.45, 2.75) is 175 Å². The maximum Gasteiger partial charge on any atom is 0.306 e. The Labute approximate surface area is 301 Å². The molecule has 8 heteroatoms. The van der Waals surface area contributed by atoms with Crippen molar-refractivity contribution < 1.29 is 23.9 Å². The fourth-order valence-corrected chi connectivity index (χ4v) is 6.39. The number of nitrogens with zero attached hydrogens (tertiary/aromatic N) is 2. The Kier molecular flexibility index (Phi) is 35.6. The number of hydrogen-bond acceptors (Lipinski definition) is 7. The first-order valence-corrected chi connectivity index (χ1v) is 21.0. The van der Waals surface area contributed by atoms with Crippen LogP contribution in [0.2, 0.25) is 0 Å². The van der Waals surface area contributed by atoms with Gasteiger partial charge in [-0.05, 0) is 58.5 Å². The molecular formula is C40H76N2O5S. The van der Waals surface area contributed by atoms with Crippen LogP contribution in [0, 0.1) is 0 Å². The monoisotopic (exact) mass is 697 g/mol. The first-order chi connectivity index (χ1) is 23.4. The maximum atomic E-state index is 13.0. The molecule has 0 rings (SSSR count). The quantitative estimate of drug-likeness (QED) is 0.0371. The molecule has 7 nitrogen and oxygen atoms in total. The lowest BCUT2D eigenvalue weighted by Gasteiger charge is -2.23. The van der Waals surface area contributed by atoms with Crippen molar-refractivity contribution in [1.29, 1.82) is 0 Å². The molecule has 0 aliphatic heterocycles. The molecular weight excluding hydrogens is 621 g/mol. The molecule has 0 atom stereocenters. The third-order valence-electron chi connectivity index (χ3n) is 8.86. The van der Waals surface area contributed by atoms with E-state index in [1.807, 2.05) is 11.0 Å². The van der Waals surface area contributed by atoms with E-state index in [9.17, 15) is 14.4 Å². The van der Waals surface area contributed by atoms with Gasteiger partial charge in [0.05, 0.1) is 6.61 Å². The molecule has 0 aromatic heterocycles. The first-order valence-electron chi connectivity index (χ1n) is 20.0. The van der Waals surface area contributed by atoms with Crippen molar-refractivity contribution >= 4 is 28.9 Å². The second kappa shape index (κ2) is 36.7. The van der Waals surface area contributed by atoms with Crippen LogP contribution in [0.3, 0.4) is 0 Å². The van der Waals surface area contributed by atoms with E-state index in [0.717, 1.165) is 115 Å². The van der Waals surface area contributed by atoms with Crippen LogP contribution in [-0.4, -0.2) is 79.2 Å². The molecule has 0 bridgehead atoms. The summed E-state index contributed by atoms with van der Waals surface area (Å²) < 4.78 is 10.7. The fraction of sp³-hybridized carbons (Fsp3) is 0.875.